The molecule has 5 nitrogen and oxygen atoms in total. The van der Waals surface area contributed by atoms with E-state index in [0.717, 1.165) is 10.9 Å². The van der Waals surface area contributed by atoms with Crippen LogP contribution < -0.4 is 11.1 Å². The molecule has 2 aromatic rings. The first-order chi connectivity index (χ1) is 9.04. The number of amides is 1. The summed E-state index contributed by atoms with van der Waals surface area (Å²) >= 11 is 0. The van der Waals surface area contributed by atoms with Crippen LogP contribution in [-0.4, -0.2) is 28.6 Å². The van der Waals surface area contributed by atoms with Gasteiger partial charge in [0.05, 0.1) is 23.7 Å². The normalized spacial score (nSPS) is 12.3. The Morgan fingerprint density at radius 2 is 2.21 bits per heavy atom. The van der Waals surface area contributed by atoms with Crippen LogP contribution in [0, 0.1) is 0 Å². The average molecular weight is 259 g/mol. The molecule has 5 heteroatoms. The van der Waals surface area contributed by atoms with E-state index in [2.05, 4.69) is 10.3 Å². The second-order valence-electron chi connectivity index (χ2n) is 4.58. The zero-order valence-electron chi connectivity index (χ0n) is 10.8. The van der Waals surface area contributed by atoms with Gasteiger partial charge in [-0.25, -0.2) is 0 Å². The maximum atomic E-state index is 11.6. The fourth-order valence-corrected chi connectivity index (χ4v) is 1.77. The molecule has 1 amide bonds. The number of hydrogen-bond donors (Lipinski definition) is 3. The molecule has 1 atom stereocenters. The molecule has 100 valence electrons. The number of pyridine rings is 1. The van der Waals surface area contributed by atoms with E-state index in [1.807, 2.05) is 24.3 Å². The molecule has 4 N–H and O–H groups in total. The topological polar surface area (TPSA) is 88.2 Å². The van der Waals surface area contributed by atoms with Gasteiger partial charge in [0.1, 0.15) is 0 Å². The van der Waals surface area contributed by atoms with Crippen molar-refractivity contribution >= 4 is 22.5 Å². The standard InChI is InChI=1S/C14H17N3O2/c1-9(18)8-16-14(19)7-12-4-2-10-6-11(15)3-5-13(10)17-12/h2-6,9,18H,7-8,15H2,1H3,(H,16,19). The van der Waals surface area contributed by atoms with Crippen LogP contribution >= 0.6 is 0 Å². The smallest absolute Gasteiger partial charge is 0.226 e. The fraction of sp³-hybridized carbons (Fsp3) is 0.286. The van der Waals surface area contributed by atoms with Crippen molar-refractivity contribution in [3.8, 4) is 0 Å². The molecule has 0 bridgehead atoms. The van der Waals surface area contributed by atoms with Crippen molar-refractivity contribution in [3.63, 3.8) is 0 Å². The minimum Gasteiger partial charge on any atom is -0.399 e. The lowest BCUT2D eigenvalue weighted by Crippen LogP contribution is -2.31. The number of hydrogen-bond acceptors (Lipinski definition) is 4. The van der Waals surface area contributed by atoms with Crippen LogP contribution in [0.2, 0.25) is 0 Å². The van der Waals surface area contributed by atoms with Gasteiger partial charge >= 0.3 is 0 Å². The Morgan fingerprint density at radius 1 is 1.42 bits per heavy atom. The Hall–Kier alpha value is -2.14. The van der Waals surface area contributed by atoms with Gasteiger partial charge in [0.25, 0.3) is 0 Å². The molecule has 0 radical (unpaired) electrons. The van der Waals surface area contributed by atoms with Crippen LogP contribution in [0.25, 0.3) is 10.9 Å². The van der Waals surface area contributed by atoms with Gasteiger partial charge in [0, 0.05) is 17.6 Å². The third kappa shape index (κ3) is 3.66. The van der Waals surface area contributed by atoms with Gasteiger partial charge < -0.3 is 16.2 Å². The molecular weight excluding hydrogens is 242 g/mol. The lowest BCUT2D eigenvalue weighted by atomic mass is 10.1. The van der Waals surface area contributed by atoms with E-state index in [-0.39, 0.29) is 18.9 Å². The number of benzene rings is 1. The van der Waals surface area contributed by atoms with Crippen molar-refractivity contribution in [2.24, 2.45) is 0 Å². The molecule has 0 saturated carbocycles. The highest BCUT2D eigenvalue weighted by Gasteiger charge is 2.06. The summed E-state index contributed by atoms with van der Waals surface area (Å²) in [6.45, 7) is 1.88. The molecule has 1 aromatic heterocycles. The minimum atomic E-state index is -0.545. The van der Waals surface area contributed by atoms with Crippen molar-refractivity contribution < 1.29 is 9.90 Å². The summed E-state index contributed by atoms with van der Waals surface area (Å²) in [5.41, 5.74) is 7.90. The number of rotatable bonds is 4. The highest BCUT2D eigenvalue weighted by molar-refractivity contribution is 5.83. The van der Waals surface area contributed by atoms with E-state index in [9.17, 15) is 4.79 Å². The third-order valence-electron chi connectivity index (χ3n) is 2.71. The first kappa shape index (κ1) is 13.3. The predicted molar refractivity (Wildman–Crippen MR) is 74.5 cm³/mol. The first-order valence-corrected chi connectivity index (χ1v) is 6.14. The minimum absolute atomic E-state index is 0.150. The molecule has 2 rings (SSSR count). The maximum Gasteiger partial charge on any atom is 0.226 e. The van der Waals surface area contributed by atoms with Gasteiger partial charge in [0.15, 0.2) is 0 Å². The van der Waals surface area contributed by atoms with Crippen LogP contribution in [0.3, 0.4) is 0 Å². The summed E-state index contributed by atoms with van der Waals surface area (Å²) in [6.07, 6.45) is -0.343. The van der Waals surface area contributed by atoms with Gasteiger partial charge in [-0.2, -0.15) is 0 Å². The van der Waals surface area contributed by atoms with E-state index < -0.39 is 6.10 Å². The number of aliphatic hydroxyl groups is 1. The molecule has 0 fully saturated rings. The largest absolute Gasteiger partial charge is 0.399 e. The number of fused-ring (bicyclic) bond motifs is 1. The number of nitrogens with two attached hydrogens (primary N) is 1. The lowest BCUT2D eigenvalue weighted by molar-refractivity contribution is -0.120. The Kier molecular flexibility index (Phi) is 3.97. The summed E-state index contributed by atoms with van der Waals surface area (Å²) in [6, 6.07) is 9.17. The molecule has 0 aliphatic carbocycles. The van der Waals surface area contributed by atoms with Crippen molar-refractivity contribution in [1.82, 2.24) is 10.3 Å². The van der Waals surface area contributed by atoms with E-state index in [4.69, 9.17) is 10.8 Å². The van der Waals surface area contributed by atoms with Crippen LogP contribution in [-0.2, 0) is 11.2 Å². The van der Waals surface area contributed by atoms with E-state index >= 15 is 0 Å². The summed E-state index contributed by atoms with van der Waals surface area (Å²) in [5.74, 6) is -0.150. The monoisotopic (exact) mass is 259 g/mol. The number of aliphatic hydroxyl groups excluding tert-OH is 1. The fourth-order valence-electron chi connectivity index (χ4n) is 1.77. The summed E-state index contributed by atoms with van der Waals surface area (Å²) in [4.78, 5) is 16.0. The SMILES string of the molecule is CC(O)CNC(=O)Cc1ccc2cc(N)ccc2n1. The van der Waals surface area contributed by atoms with Crippen LogP contribution in [0.4, 0.5) is 5.69 Å². The first-order valence-electron chi connectivity index (χ1n) is 6.14. The molecule has 0 aliphatic rings. The van der Waals surface area contributed by atoms with E-state index in [1.54, 1.807) is 13.0 Å². The molecule has 1 heterocycles. The number of nitrogens with zero attached hydrogens (tertiary/aromatic N) is 1. The van der Waals surface area contributed by atoms with E-state index in [0.29, 0.717) is 11.4 Å². The molecule has 19 heavy (non-hydrogen) atoms. The van der Waals surface area contributed by atoms with Crippen LogP contribution in [0.1, 0.15) is 12.6 Å². The van der Waals surface area contributed by atoms with Crippen molar-refractivity contribution in [2.75, 3.05) is 12.3 Å². The summed E-state index contributed by atoms with van der Waals surface area (Å²) in [5, 5.41) is 12.7. The summed E-state index contributed by atoms with van der Waals surface area (Å²) < 4.78 is 0. The third-order valence-corrected chi connectivity index (χ3v) is 2.71. The van der Waals surface area contributed by atoms with Gasteiger partial charge in [-0.1, -0.05) is 6.07 Å². The van der Waals surface area contributed by atoms with Crippen molar-refractivity contribution in [1.29, 1.82) is 0 Å². The van der Waals surface area contributed by atoms with Crippen LogP contribution in [0.15, 0.2) is 30.3 Å². The van der Waals surface area contributed by atoms with Gasteiger partial charge in [0.2, 0.25) is 5.91 Å². The average Bonchev–Trinajstić information content (AvgIpc) is 2.36. The van der Waals surface area contributed by atoms with E-state index in [1.165, 1.54) is 0 Å². The van der Waals surface area contributed by atoms with Gasteiger partial charge in [-0.05, 0) is 31.2 Å². The molecule has 0 saturated heterocycles. The quantitative estimate of drug-likeness (QED) is 0.710. The number of nitrogens with one attached hydrogen (secondary N) is 1. The molecule has 1 aromatic carbocycles. The molecule has 0 aliphatic heterocycles. The second kappa shape index (κ2) is 5.67. The van der Waals surface area contributed by atoms with Gasteiger partial charge in [-0.15, -0.1) is 0 Å². The summed E-state index contributed by atoms with van der Waals surface area (Å²) in [7, 11) is 0. The number of nitrogen functional groups attached to an aromatic ring is 1. The number of carbonyl (C=O) groups is 1. The Balaban J connectivity index is 2.09. The zero-order valence-corrected chi connectivity index (χ0v) is 10.8. The van der Waals surface area contributed by atoms with Crippen molar-refractivity contribution in [3.05, 3.63) is 36.0 Å². The Morgan fingerprint density at radius 3 is 2.95 bits per heavy atom. The lowest BCUT2D eigenvalue weighted by Gasteiger charge is -2.07. The van der Waals surface area contributed by atoms with Gasteiger partial charge in [-0.3, -0.25) is 9.78 Å². The highest BCUT2D eigenvalue weighted by Crippen LogP contribution is 2.16. The number of aromatic nitrogens is 1. The Bertz CT molecular complexity index is 596. The second-order valence-corrected chi connectivity index (χ2v) is 4.58. The number of carbonyl (C=O) groups excluding carboxylic acids is 1. The Labute approximate surface area is 111 Å². The molecular formula is C14H17N3O2. The maximum absolute atomic E-state index is 11.6. The molecule has 1 unspecified atom stereocenters. The van der Waals surface area contributed by atoms with Crippen molar-refractivity contribution in [2.45, 2.75) is 19.4 Å². The van der Waals surface area contributed by atoms with Crippen LogP contribution in [0.5, 0.6) is 0 Å². The molecule has 0 spiro atoms. The number of anilines is 1. The zero-order chi connectivity index (χ0) is 13.8. The predicted octanol–water partition coefficient (Wildman–Crippen LogP) is 0.856. The highest BCUT2D eigenvalue weighted by atomic mass is 16.3.